The minimum atomic E-state index is -0.342. The molecule has 0 spiro atoms. The summed E-state index contributed by atoms with van der Waals surface area (Å²) in [7, 11) is 0. The standard InChI is InChI=1S/C25H25FN4O2S/c1-15-5-7-18(8-6-15)23-28-24(32-29-23)21-16(2)30(14-20-4-3-13-31-20)25(33)27-22(21)17-9-11-19(26)12-10-17/h5-12,20,22H,3-4,13-14H2,1-2H3,(H,27,33). The summed E-state index contributed by atoms with van der Waals surface area (Å²) in [6.07, 6.45) is 2.17. The largest absolute Gasteiger partial charge is 0.376 e. The fourth-order valence-corrected chi connectivity index (χ4v) is 4.66. The lowest BCUT2D eigenvalue weighted by molar-refractivity contribution is 0.0962. The smallest absolute Gasteiger partial charge is 0.258 e. The number of hydrogen-bond donors (Lipinski definition) is 1. The van der Waals surface area contributed by atoms with Crippen molar-refractivity contribution in [3.05, 3.63) is 77.1 Å². The van der Waals surface area contributed by atoms with Crippen molar-refractivity contribution in [2.75, 3.05) is 13.2 Å². The van der Waals surface area contributed by atoms with Gasteiger partial charge in [0.2, 0.25) is 5.82 Å². The number of benzene rings is 2. The zero-order valence-corrected chi connectivity index (χ0v) is 19.4. The van der Waals surface area contributed by atoms with Gasteiger partial charge in [-0.15, -0.1) is 0 Å². The van der Waals surface area contributed by atoms with Gasteiger partial charge in [-0.3, -0.25) is 0 Å². The molecule has 170 valence electrons. The van der Waals surface area contributed by atoms with Crippen LogP contribution in [0.4, 0.5) is 4.39 Å². The Labute approximate surface area is 197 Å². The van der Waals surface area contributed by atoms with Crippen LogP contribution in [0.5, 0.6) is 0 Å². The van der Waals surface area contributed by atoms with Crippen LogP contribution in [0.3, 0.4) is 0 Å². The summed E-state index contributed by atoms with van der Waals surface area (Å²) in [5.74, 6) is 0.630. The van der Waals surface area contributed by atoms with E-state index >= 15 is 0 Å². The number of allylic oxidation sites excluding steroid dienone is 1. The van der Waals surface area contributed by atoms with Crippen molar-refractivity contribution in [2.24, 2.45) is 0 Å². The Hall–Kier alpha value is -3.10. The third-order valence-electron chi connectivity index (χ3n) is 6.18. The maximum absolute atomic E-state index is 13.6. The molecule has 0 radical (unpaired) electrons. The molecule has 1 saturated heterocycles. The van der Waals surface area contributed by atoms with Gasteiger partial charge in [0.15, 0.2) is 5.11 Å². The highest BCUT2D eigenvalue weighted by molar-refractivity contribution is 7.80. The Morgan fingerprint density at radius 2 is 1.88 bits per heavy atom. The lowest BCUT2D eigenvalue weighted by Crippen LogP contribution is -2.48. The van der Waals surface area contributed by atoms with Gasteiger partial charge in [-0.1, -0.05) is 47.1 Å². The molecule has 5 rings (SSSR count). The second-order valence-electron chi connectivity index (χ2n) is 8.47. The van der Waals surface area contributed by atoms with E-state index < -0.39 is 0 Å². The number of aryl methyl sites for hydroxylation is 1. The molecule has 2 aliphatic rings. The van der Waals surface area contributed by atoms with Gasteiger partial charge in [0.05, 0.1) is 24.3 Å². The number of hydrogen-bond acceptors (Lipinski definition) is 5. The highest BCUT2D eigenvalue weighted by Gasteiger charge is 2.35. The molecule has 8 heteroatoms. The van der Waals surface area contributed by atoms with Crippen molar-refractivity contribution in [2.45, 2.75) is 38.8 Å². The predicted molar refractivity (Wildman–Crippen MR) is 128 cm³/mol. The van der Waals surface area contributed by atoms with Crippen molar-refractivity contribution in [3.8, 4) is 11.4 Å². The Balaban J connectivity index is 1.56. The SMILES string of the molecule is CC1=C(c2nc(-c3ccc(C)cc3)no2)C(c2ccc(F)cc2)NC(=S)N1CC1CCCO1. The van der Waals surface area contributed by atoms with Gasteiger partial charge in [-0.05, 0) is 56.6 Å². The average molecular weight is 465 g/mol. The van der Waals surface area contributed by atoms with E-state index in [4.69, 9.17) is 26.5 Å². The van der Waals surface area contributed by atoms with E-state index in [0.717, 1.165) is 47.4 Å². The molecule has 2 atom stereocenters. The first-order valence-electron chi connectivity index (χ1n) is 11.1. The second kappa shape index (κ2) is 9.03. The van der Waals surface area contributed by atoms with Crippen LogP contribution in [0.25, 0.3) is 17.0 Å². The monoisotopic (exact) mass is 464 g/mol. The van der Waals surface area contributed by atoms with Crippen molar-refractivity contribution < 1.29 is 13.7 Å². The fraction of sp³-hybridized carbons (Fsp3) is 0.320. The molecule has 33 heavy (non-hydrogen) atoms. The van der Waals surface area contributed by atoms with Crippen molar-refractivity contribution in [1.82, 2.24) is 20.4 Å². The third-order valence-corrected chi connectivity index (χ3v) is 6.51. The van der Waals surface area contributed by atoms with Crippen molar-refractivity contribution in [1.29, 1.82) is 0 Å². The first kappa shape index (κ1) is 21.7. The first-order valence-corrected chi connectivity index (χ1v) is 11.5. The topological polar surface area (TPSA) is 63.4 Å². The van der Waals surface area contributed by atoms with Crippen LogP contribution in [-0.4, -0.2) is 39.4 Å². The minimum Gasteiger partial charge on any atom is -0.376 e. The molecular formula is C25H25FN4O2S. The fourth-order valence-electron chi connectivity index (χ4n) is 4.33. The van der Waals surface area contributed by atoms with Crippen LogP contribution in [0, 0.1) is 12.7 Å². The van der Waals surface area contributed by atoms with Crippen LogP contribution < -0.4 is 5.32 Å². The molecule has 2 aromatic carbocycles. The Morgan fingerprint density at radius 1 is 1.12 bits per heavy atom. The molecule has 3 heterocycles. The molecule has 1 fully saturated rings. The molecule has 0 saturated carbocycles. The number of ether oxygens (including phenoxy) is 1. The van der Waals surface area contributed by atoms with E-state index in [1.54, 1.807) is 12.1 Å². The van der Waals surface area contributed by atoms with E-state index in [1.807, 2.05) is 43.0 Å². The van der Waals surface area contributed by atoms with Crippen LogP contribution in [0.15, 0.2) is 58.8 Å². The summed E-state index contributed by atoms with van der Waals surface area (Å²) in [5.41, 5.74) is 4.64. The molecule has 3 aromatic rings. The predicted octanol–water partition coefficient (Wildman–Crippen LogP) is 5.03. The molecule has 0 amide bonds. The molecule has 1 aromatic heterocycles. The second-order valence-corrected chi connectivity index (χ2v) is 8.85. The summed E-state index contributed by atoms with van der Waals surface area (Å²) >= 11 is 5.72. The third kappa shape index (κ3) is 4.41. The van der Waals surface area contributed by atoms with E-state index in [2.05, 4.69) is 10.5 Å². The Morgan fingerprint density at radius 3 is 2.58 bits per heavy atom. The van der Waals surface area contributed by atoms with Gasteiger partial charge in [-0.25, -0.2) is 4.39 Å². The lowest BCUT2D eigenvalue weighted by atomic mass is 9.94. The highest BCUT2D eigenvalue weighted by Crippen LogP contribution is 2.38. The normalized spacial score (nSPS) is 20.9. The first-order chi connectivity index (χ1) is 16.0. The van der Waals surface area contributed by atoms with E-state index in [0.29, 0.717) is 23.4 Å². The summed E-state index contributed by atoms with van der Waals surface area (Å²) in [6, 6.07) is 14.0. The average Bonchev–Trinajstić information content (AvgIpc) is 3.50. The molecule has 1 N–H and O–H groups in total. The number of halogens is 1. The highest BCUT2D eigenvalue weighted by atomic mass is 32.1. The summed E-state index contributed by atoms with van der Waals surface area (Å²) in [5, 5.41) is 8.23. The molecular weight excluding hydrogens is 439 g/mol. The van der Waals surface area contributed by atoms with Gasteiger partial charge in [0.1, 0.15) is 5.82 Å². The van der Waals surface area contributed by atoms with Crippen LogP contribution in [0.1, 0.15) is 42.8 Å². The maximum atomic E-state index is 13.6. The number of aromatic nitrogens is 2. The maximum Gasteiger partial charge on any atom is 0.258 e. The molecule has 2 aliphatic heterocycles. The zero-order valence-electron chi connectivity index (χ0n) is 18.5. The molecule has 6 nitrogen and oxygen atoms in total. The van der Waals surface area contributed by atoms with Crippen LogP contribution >= 0.6 is 12.2 Å². The van der Waals surface area contributed by atoms with Crippen molar-refractivity contribution >= 4 is 22.9 Å². The van der Waals surface area contributed by atoms with Gasteiger partial charge in [0, 0.05) is 17.9 Å². The van der Waals surface area contributed by atoms with Gasteiger partial charge in [-0.2, -0.15) is 4.98 Å². The van der Waals surface area contributed by atoms with Crippen LogP contribution in [-0.2, 0) is 4.74 Å². The zero-order chi connectivity index (χ0) is 22.9. The minimum absolute atomic E-state index is 0.120. The number of nitrogens with one attached hydrogen (secondary N) is 1. The van der Waals surface area contributed by atoms with E-state index in [-0.39, 0.29) is 18.0 Å². The number of nitrogens with zero attached hydrogens (tertiary/aromatic N) is 3. The van der Waals surface area contributed by atoms with E-state index in [1.165, 1.54) is 12.1 Å². The number of rotatable bonds is 5. The van der Waals surface area contributed by atoms with Crippen LogP contribution in [0.2, 0.25) is 0 Å². The summed E-state index contributed by atoms with van der Waals surface area (Å²) in [4.78, 5) is 6.76. The molecule has 2 unspecified atom stereocenters. The van der Waals surface area contributed by atoms with Gasteiger partial charge < -0.3 is 19.5 Å². The quantitative estimate of drug-likeness (QED) is 0.532. The van der Waals surface area contributed by atoms with E-state index in [9.17, 15) is 4.39 Å². The van der Waals surface area contributed by atoms with Crippen molar-refractivity contribution in [3.63, 3.8) is 0 Å². The Bertz CT molecular complexity index is 1180. The van der Waals surface area contributed by atoms with Gasteiger partial charge in [0.25, 0.3) is 5.89 Å². The Kier molecular flexibility index (Phi) is 5.95. The number of thiocarbonyl (C=S) groups is 1. The summed E-state index contributed by atoms with van der Waals surface area (Å²) in [6.45, 7) is 5.46. The lowest BCUT2D eigenvalue weighted by Gasteiger charge is -2.38. The van der Waals surface area contributed by atoms with Gasteiger partial charge >= 0.3 is 0 Å². The molecule has 0 bridgehead atoms. The molecule has 0 aliphatic carbocycles. The summed E-state index contributed by atoms with van der Waals surface area (Å²) < 4.78 is 25.2.